The van der Waals surface area contributed by atoms with Gasteiger partial charge < -0.3 is 14.5 Å². The summed E-state index contributed by atoms with van der Waals surface area (Å²) in [4.78, 5) is 23.5. The Morgan fingerprint density at radius 3 is 2.65 bits per heavy atom. The van der Waals surface area contributed by atoms with Gasteiger partial charge in [0.1, 0.15) is 4.83 Å². The molecule has 2 aliphatic heterocycles. The van der Waals surface area contributed by atoms with Crippen molar-refractivity contribution in [3.63, 3.8) is 0 Å². The van der Waals surface area contributed by atoms with Gasteiger partial charge in [0.2, 0.25) is 0 Å². The van der Waals surface area contributed by atoms with Gasteiger partial charge in [-0.2, -0.15) is 0 Å². The van der Waals surface area contributed by atoms with Crippen molar-refractivity contribution in [1.82, 2.24) is 14.8 Å². The van der Waals surface area contributed by atoms with E-state index in [1.165, 1.54) is 10.9 Å². The van der Waals surface area contributed by atoms with Crippen LogP contribution in [0.1, 0.15) is 46.8 Å². The van der Waals surface area contributed by atoms with E-state index in [4.69, 9.17) is 4.74 Å². The van der Waals surface area contributed by atoms with E-state index in [9.17, 15) is 4.79 Å². The lowest BCUT2D eigenvalue weighted by atomic mass is 9.86. The van der Waals surface area contributed by atoms with Crippen molar-refractivity contribution in [2.24, 2.45) is 0 Å². The Hall–Kier alpha value is -1.50. The number of carbonyl (C=O) groups excluding carboxylic acids is 1. The standard InChI is InChI=1S/C20H27N3O2S/c1-22(2)20(24)18-17(16-4-3-9-21-19(16)26-18)14-5-10-23(11-6-14)15-7-12-25-13-8-15/h3-4,9,14-15H,5-8,10-13H2,1-2H3. The number of carbonyl (C=O) groups is 1. The summed E-state index contributed by atoms with van der Waals surface area (Å²) in [7, 11) is 3.66. The lowest BCUT2D eigenvalue weighted by Gasteiger charge is -2.39. The lowest BCUT2D eigenvalue weighted by molar-refractivity contribution is 0.0252. The largest absolute Gasteiger partial charge is 0.381 e. The maximum atomic E-state index is 12.8. The maximum absolute atomic E-state index is 12.8. The van der Waals surface area contributed by atoms with Crippen LogP contribution in [0.2, 0.25) is 0 Å². The molecule has 2 aliphatic rings. The number of piperidine rings is 1. The molecule has 0 atom stereocenters. The van der Waals surface area contributed by atoms with Crippen LogP contribution in [-0.4, -0.2) is 67.1 Å². The highest BCUT2D eigenvalue weighted by molar-refractivity contribution is 7.20. The second-order valence-electron chi connectivity index (χ2n) is 7.55. The minimum atomic E-state index is 0.106. The molecule has 0 spiro atoms. The zero-order valence-corrected chi connectivity index (χ0v) is 16.4. The Morgan fingerprint density at radius 2 is 1.96 bits per heavy atom. The lowest BCUT2D eigenvalue weighted by Crippen LogP contribution is -2.43. The van der Waals surface area contributed by atoms with Crippen LogP contribution < -0.4 is 0 Å². The SMILES string of the molecule is CN(C)C(=O)c1sc2ncccc2c1C1CCN(C2CCOCC2)CC1. The van der Waals surface area contributed by atoms with Gasteiger partial charge in [0, 0.05) is 44.9 Å². The number of pyridine rings is 1. The minimum absolute atomic E-state index is 0.106. The molecule has 0 N–H and O–H groups in total. The van der Waals surface area contributed by atoms with Crippen LogP contribution in [0.3, 0.4) is 0 Å². The zero-order valence-electron chi connectivity index (χ0n) is 15.6. The first kappa shape index (κ1) is 17.9. The Balaban J connectivity index is 1.58. The number of aromatic nitrogens is 1. The predicted octanol–water partition coefficient (Wildman–Crippen LogP) is 3.36. The third kappa shape index (κ3) is 3.38. The quantitative estimate of drug-likeness (QED) is 0.828. The van der Waals surface area contributed by atoms with Gasteiger partial charge in [0.05, 0.1) is 4.88 Å². The highest BCUT2D eigenvalue weighted by Crippen LogP contribution is 2.40. The summed E-state index contributed by atoms with van der Waals surface area (Å²) in [6.07, 6.45) is 6.36. The molecule has 0 bridgehead atoms. The average molecular weight is 374 g/mol. The molecule has 2 aromatic heterocycles. The third-order valence-corrected chi connectivity index (χ3v) is 6.87. The fourth-order valence-corrected chi connectivity index (χ4v) is 5.57. The van der Waals surface area contributed by atoms with Crippen LogP contribution in [0, 0.1) is 0 Å². The van der Waals surface area contributed by atoms with Gasteiger partial charge >= 0.3 is 0 Å². The molecule has 2 saturated heterocycles. The second kappa shape index (κ2) is 7.62. The highest BCUT2D eigenvalue weighted by Gasteiger charge is 2.31. The summed E-state index contributed by atoms with van der Waals surface area (Å²) >= 11 is 1.55. The van der Waals surface area contributed by atoms with Crippen molar-refractivity contribution in [1.29, 1.82) is 0 Å². The summed E-state index contributed by atoms with van der Waals surface area (Å²) in [5.41, 5.74) is 1.24. The van der Waals surface area contributed by atoms with Gasteiger partial charge in [0.25, 0.3) is 5.91 Å². The minimum Gasteiger partial charge on any atom is -0.381 e. The van der Waals surface area contributed by atoms with Crippen LogP contribution in [0.4, 0.5) is 0 Å². The van der Waals surface area contributed by atoms with E-state index in [1.54, 1.807) is 16.2 Å². The smallest absolute Gasteiger partial charge is 0.263 e. The monoisotopic (exact) mass is 373 g/mol. The van der Waals surface area contributed by atoms with Gasteiger partial charge in [0.15, 0.2) is 0 Å². The summed E-state index contributed by atoms with van der Waals surface area (Å²) in [5, 5.41) is 1.17. The molecule has 2 aromatic rings. The summed E-state index contributed by atoms with van der Waals surface area (Å²) in [6, 6.07) is 4.79. The van der Waals surface area contributed by atoms with Crippen LogP contribution >= 0.6 is 11.3 Å². The zero-order chi connectivity index (χ0) is 18.1. The molecule has 2 fully saturated rings. The first-order valence-electron chi connectivity index (χ1n) is 9.56. The molecular formula is C20H27N3O2S. The fraction of sp³-hybridized carbons (Fsp3) is 0.600. The van der Waals surface area contributed by atoms with Crippen molar-refractivity contribution < 1.29 is 9.53 Å². The topological polar surface area (TPSA) is 45.7 Å². The average Bonchev–Trinajstić information content (AvgIpc) is 3.07. The molecule has 0 radical (unpaired) electrons. The number of rotatable bonds is 3. The Bertz CT molecular complexity index is 774. The van der Waals surface area contributed by atoms with Gasteiger partial charge in [-0.25, -0.2) is 4.98 Å². The Morgan fingerprint density at radius 1 is 1.23 bits per heavy atom. The van der Waals surface area contributed by atoms with Gasteiger partial charge in [-0.15, -0.1) is 11.3 Å². The Labute approximate surface area is 159 Å². The molecule has 5 nitrogen and oxygen atoms in total. The van der Waals surface area contributed by atoms with Crippen LogP contribution in [0.25, 0.3) is 10.2 Å². The van der Waals surface area contributed by atoms with Crippen molar-refractivity contribution in [2.75, 3.05) is 40.4 Å². The van der Waals surface area contributed by atoms with E-state index in [0.29, 0.717) is 12.0 Å². The predicted molar refractivity (Wildman–Crippen MR) is 105 cm³/mol. The summed E-state index contributed by atoms with van der Waals surface area (Å²) in [6.45, 7) is 4.02. The van der Waals surface area contributed by atoms with Gasteiger partial charge in [-0.05, 0) is 56.3 Å². The van der Waals surface area contributed by atoms with Crippen molar-refractivity contribution in [3.05, 3.63) is 28.8 Å². The summed E-state index contributed by atoms with van der Waals surface area (Å²) in [5.74, 6) is 0.554. The Kier molecular flexibility index (Phi) is 5.25. The number of likely N-dealkylation sites (tertiary alicyclic amines) is 1. The fourth-order valence-electron chi connectivity index (χ4n) is 4.32. The van der Waals surface area contributed by atoms with Gasteiger partial charge in [-0.3, -0.25) is 4.79 Å². The molecule has 6 heteroatoms. The normalized spacial score (nSPS) is 20.5. The number of amides is 1. The van der Waals surface area contributed by atoms with E-state index in [-0.39, 0.29) is 5.91 Å². The first-order chi connectivity index (χ1) is 12.6. The molecule has 0 unspecified atom stereocenters. The molecule has 0 aromatic carbocycles. The molecule has 0 aliphatic carbocycles. The number of nitrogens with zero attached hydrogens (tertiary/aromatic N) is 3. The molecule has 1 amide bonds. The van der Waals surface area contributed by atoms with Crippen LogP contribution in [-0.2, 0) is 4.74 Å². The van der Waals surface area contributed by atoms with E-state index in [0.717, 1.165) is 61.7 Å². The van der Waals surface area contributed by atoms with Gasteiger partial charge in [-0.1, -0.05) is 6.07 Å². The number of hydrogen-bond donors (Lipinski definition) is 0. The van der Waals surface area contributed by atoms with Crippen molar-refractivity contribution >= 4 is 27.5 Å². The van der Waals surface area contributed by atoms with E-state index in [2.05, 4.69) is 16.0 Å². The number of fused-ring (bicyclic) bond motifs is 1. The molecule has 4 heterocycles. The molecule has 4 rings (SSSR count). The van der Waals surface area contributed by atoms with Crippen molar-refractivity contribution in [3.8, 4) is 0 Å². The van der Waals surface area contributed by atoms with E-state index >= 15 is 0 Å². The summed E-state index contributed by atoms with van der Waals surface area (Å²) < 4.78 is 5.51. The van der Waals surface area contributed by atoms with E-state index < -0.39 is 0 Å². The van der Waals surface area contributed by atoms with Crippen LogP contribution in [0.5, 0.6) is 0 Å². The molecule has 26 heavy (non-hydrogen) atoms. The second-order valence-corrected chi connectivity index (χ2v) is 8.55. The molecule has 140 valence electrons. The number of ether oxygens (including phenoxy) is 1. The molecule has 0 saturated carbocycles. The highest BCUT2D eigenvalue weighted by atomic mass is 32.1. The van der Waals surface area contributed by atoms with Crippen molar-refractivity contribution in [2.45, 2.75) is 37.6 Å². The number of thiophene rings is 1. The first-order valence-corrected chi connectivity index (χ1v) is 10.4. The maximum Gasteiger partial charge on any atom is 0.263 e. The third-order valence-electron chi connectivity index (χ3n) is 5.75. The van der Waals surface area contributed by atoms with E-state index in [1.807, 2.05) is 26.4 Å². The van der Waals surface area contributed by atoms with Crippen LogP contribution in [0.15, 0.2) is 18.3 Å². The number of hydrogen-bond acceptors (Lipinski definition) is 5. The molecular weight excluding hydrogens is 346 g/mol.